The lowest BCUT2D eigenvalue weighted by atomic mass is 10.1. The van der Waals surface area contributed by atoms with E-state index >= 15 is 0 Å². The monoisotopic (exact) mass is 298 g/mol. The van der Waals surface area contributed by atoms with Gasteiger partial charge in [-0.05, 0) is 48.6 Å². The summed E-state index contributed by atoms with van der Waals surface area (Å²) in [6.45, 7) is 1.18. The van der Waals surface area contributed by atoms with E-state index < -0.39 is 0 Å². The molecule has 2 aromatic carbocycles. The third-order valence-corrected chi connectivity index (χ3v) is 3.58. The van der Waals surface area contributed by atoms with Crippen molar-refractivity contribution in [2.24, 2.45) is 11.0 Å². The summed E-state index contributed by atoms with van der Waals surface area (Å²) in [6, 6.07) is 14.4. The molecule has 1 N–H and O–H groups in total. The van der Waals surface area contributed by atoms with Crippen molar-refractivity contribution in [1.29, 1.82) is 0 Å². The van der Waals surface area contributed by atoms with Crippen molar-refractivity contribution in [3.63, 3.8) is 0 Å². The standard InChI is InChI=1S/C18H19FN2O/c19-17-9-8-15(11-20-21-18-4-2-1-3-5-18)16(10-17)13-22-12-14-6-7-14/h1-5,8-11,14,21H,6-7,12-13H2. The molecule has 1 saturated carbocycles. The molecule has 1 fully saturated rings. The number of hydrogen-bond donors (Lipinski definition) is 1. The van der Waals surface area contributed by atoms with Crippen molar-refractivity contribution < 1.29 is 9.13 Å². The summed E-state index contributed by atoms with van der Waals surface area (Å²) in [7, 11) is 0. The maximum atomic E-state index is 13.4. The number of halogens is 1. The summed E-state index contributed by atoms with van der Waals surface area (Å²) in [5.41, 5.74) is 5.54. The zero-order chi connectivity index (χ0) is 15.2. The molecule has 1 aliphatic carbocycles. The molecular weight excluding hydrogens is 279 g/mol. The van der Waals surface area contributed by atoms with E-state index in [0.29, 0.717) is 12.5 Å². The van der Waals surface area contributed by atoms with Crippen molar-refractivity contribution in [3.05, 3.63) is 65.5 Å². The van der Waals surface area contributed by atoms with Crippen LogP contribution in [0.1, 0.15) is 24.0 Å². The molecule has 0 heterocycles. The number of hydrazone groups is 1. The van der Waals surface area contributed by atoms with E-state index in [2.05, 4.69) is 10.5 Å². The quantitative estimate of drug-likeness (QED) is 0.614. The highest BCUT2D eigenvalue weighted by atomic mass is 19.1. The summed E-state index contributed by atoms with van der Waals surface area (Å²) >= 11 is 0. The third kappa shape index (κ3) is 4.40. The highest BCUT2D eigenvalue weighted by molar-refractivity contribution is 5.82. The molecule has 0 bridgehead atoms. The van der Waals surface area contributed by atoms with Crippen molar-refractivity contribution >= 4 is 11.9 Å². The van der Waals surface area contributed by atoms with Crippen LogP contribution in [-0.4, -0.2) is 12.8 Å². The van der Waals surface area contributed by atoms with E-state index in [1.807, 2.05) is 30.3 Å². The number of nitrogens with zero attached hydrogens (tertiary/aromatic N) is 1. The summed E-state index contributed by atoms with van der Waals surface area (Å²) in [6.07, 6.45) is 4.19. The highest BCUT2D eigenvalue weighted by Gasteiger charge is 2.21. The SMILES string of the molecule is Fc1ccc(C=NNc2ccccc2)c(COCC2CC2)c1. The second-order valence-corrected chi connectivity index (χ2v) is 5.54. The molecule has 0 spiro atoms. The number of ether oxygens (including phenoxy) is 1. The van der Waals surface area contributed by atoms with Gasteiger partial charge in [-0.3, -0.25) is 5.43 Å². The summed E-state index contributed by atoms with van der Waals surface area (Å²) < 4.78 is 19.1. The molecule has 3 rings (SSSR count). The molecule has 4 heteroatoms. The van der Waals surface area contributed by atoms with Crippen LogP contribution in [-0.2, 0) is 11.3 Å². The first-order valence-electron chi connectivity index (χ1n) is 7.51. The largest absolute Gasteiger partial charge is 0.376 e. The number of rotatable bonds is 7. The Morgan fingerprint density at radius 2 is 2.00 bits per heavy atom. The van der Waals surface area contributed by atoms with Crippen molar-refractivity contribution in [1.82, 2.24) is 0 Å². The van der Waals surface area contributed by atoms with Gasteiger partial charge in [-0.15, -0.1) is 0 Å². The van der Waals surface area contributed by atoms with Crippen LogP contribution in [0, 0.1) is 11.7 Å². The van der Waals surface area contributed by atoms with Gasteiger partial charge in [-0.2, -0.15) is 5.10 Å². The summed E-state index contributed by atoms with van der Waals surface area (Å²) in [5.74, 6) is 0.448. The Labute approximate surface area is 129 Å². The van der Waals surface area contributed by atoms with Crippen LogP contribution < -0.4 is 5.43 Å². The zero-order valence-electron chi connectivity index (χ0n) is 12.3. The first-order valence-corrected chi connectivity index (χ1v) is 7.51. The zero-order valence-corrected chi connectivity index (χ0v) is 12.3. The van der Waals surface area contributed by atoms with Crippen molar-refractivity contribution in [3.8, 4) is 0 Å². The molecule has 22 heavy (non-hydrogen) atoms. The van der Waals surface area contributed by atoms with Crippen molar-refractivity contribution in [2.45, 2.75) is 19.4 Å². The smallest absolute Gasteiger partial charge is 0.123 e. The van der Waals surface area contributed by atoms with Gasteiger partial charge in [-0.1, -0.05) is 24.3 Å². The Morgan fingerprint density at radius 3 is 2.77 bits per heavy atom. The lowest BCUT2D eigenvalue weighted by molar-refractivity contribution is 0.111. The van der Waals surface area contributed by atoms with Gasteiger partial charge >= 0.3 is 0 Å². The van der Waals surface area contributed by atoms with Crippen LogP contribution >= 0.6 is 0 Å². The minimum absolute atomic E-state index is 0.252. The topological polar surface area (TPSA) is 33.6 Å². The van der Waals surface area contributed by atoms with Gasteiger partial charge in [0.2, 0.25) is 0 Å². The third-order valence-electron chi connectivity index (χ3n) is 3.58. The minimum atomic E-state index is -0.252. The van der Waals surface area contributed by atoms with Crippen LogP contribution in [0.3, 0.4) is 0 Å². The minimum Gasteiger partial charge on any atom is -0.376 e. The molecule has 0 aliphatic heterocycles. The molecule has 2 aromatic rings. The van der Waals surface area contributed by atoms with E-state index in [9.17, 15) is 4.39 Å². The van der Waals surface area contributed by atoms with Crippen LogP contribution in [0.2, 0.25) is 0 Å². The molecule has 0 saturated heterocycles. The Morgan fingerprint density at radius 1 is 1.18 bits per heavy atom. The number of nitrogens with one attached hydrogen (secondary N) is 1. The summed E-state index contributed by atoms with van der Waals surface area (Å²) in [5, 5.41) is 4.20. The van der Waals surface area contributed by atoms with Crippen LogP contribution in [0.4, 0.5) is 10.1 Å². The van der Waals surface area contributed by atoms with E-state index in [1.165, 1.54) is 25.0 Å². The van der Waals surface area contributed by atoms with Gasteiger partial charge in [0.1, 0.15) is 5.82 Å². The molecule has 114 valence electrons. The first-order chi connectivity index (χ1) is 10.8. The van der Waals surface area contributed by atoms with Gasteiger partial charge in [0.25, 0.3) is 0 Å². The average molecular weight is 298 g/mol. The number of hydrogen-bond acceptors (Lipinski definition) is 3. The molecule has 0 radical (unpaired) electrons. The lowest BCUT2D eigenvalue weighted by Gasteiger charge is -2.07. The molecule has 3 nitrogen and oxygen atoms in total. The predicted octanol–water partition coefficient (Wildman–Crippen LogP) is 4.20. The fraction of sp³-hybridized carbons (Fsp3) is 0.278. The molecule has 0 unspecified atom stereocenters. The first kappa shape index (κ1) is 14.7. The Bertz CT molecular complexity index is 639. The van der Waals surface area contributed by atoms with E-state index in [-0.39, 0.29) is 5.82 Å². The second kappa shape index (κ2) is 7.18. The number of benzene rings is 2. The van der Waals surface area contributed by atoms with E-state index in [4.69, 9.17) is 4.74 Å². The van der Waals surface area contributed by atoms with Crippen LogP contribution in [0.5, 0.6) is 0 Å². The number of anilines is 1. The maximum Gasteiger partial charge on any atom is 0.123 e. The molecular formula is C18H19FN2O. The lowest BCUT2D eigenvalue weighted by Crippen LogP contribution is -2.02. The Balaban J connectivity index is 1.63. The molecule has 0 aromatic heterocycles. The Hall–Kier alpha value is -2.20. The van der Waals surface area contributed by atoms with Gasteiger partial charge in [0.15, 0.2) is 0 Å². The molecule has 0 atom stereocenters. The van der Waals surface area contributed by atoms with Crippen molar-refractivity contribution in [2.75, 3.05) is 12.0 Å². The van der Waals surface area contributed by atoms with E-state index in [1.54, 1.807) is 12.3 Å². The van der Waals surface area contributed by atoms with Crippen LogP contribution in [0.25, 0.3) is 0 Å². The Kier molecular flexibility index (Phi) is 4.81. The van der Waals surface area contributed by atoms with Gasteiger partial charge in [-0.25, -0.2) is 4.39 Å². The average Bonchev–Trinajstić information content (AvgIpc) is 3.35. The fourth-order valence-corrected chi connectivity index (χ4v) is 2.13. The summed E-state index contributed by atoms with van der Waals surface area (Å²) in [4.78, 5) is 0. The normalized spacial score (nSPS) is 14.4. The molecule has 0 amide bonds. The highest BCUT2D eigenvalue weighted by Crippen LogP contribution is 2.29. The van der Waals surface area contributed by atoms with Gasteiger partial charge in [0.05, 0.1) is 18.5 Å². The van der Waals surface area contributed by atoms with Gasteiger partial charge < -0.3 is 4.74 Å². The fourth-order valence-electron chi connectivity index (χ4n) is 2.13. The van der Waals surface area contributed by atoms with Gasteiger partial charge in [0, 0.05) is 12.2 Å². The van der Waals surface area contributed by atoms with E-state index in [0.717, 1.165) is 23.4 Å². The van der Waals surface area contributed by atoms with Crippen LogP contribution in [0.15, 0.2) is 53.6 Å². The number of para-hydroxylation sites is 1. The second-order valence-electron chi connectivity index (χ2n) is 5.54. The molecule has 1 aliphatic rings. The maximum absolute atomic E-state index is 13.4. The predicted molar refractivity (Wildman–Crippen MR) is 86.4 cm³/mol.